The van der Waals surface area contributed by atoms with Crippen LogP contribution >= 0.6 is 0 Å². The number of nitrogens with zero attached hydrogens (tertiary/aromatic N) is 2. The van der Waals surface area contributed by atoms with Crippen LogP contribution in [-0.2, 0) is 16.0 Å². The maximum absolute atomic E-state index is 13.1. The van der Waals surface area contributed by atoms with Gasteiger partial charge in [-0.3, -0.25) is 4.79 Å². The summed E-state index contributed by atoms with van der Waals surface area (Å²) in [4.78, 5) is 12.3. The van der Waals surface area contributed by atoms with Gasteiger partial charge in [0.25, 0.3) is 5.91 Å². The lowest BCUT2D eigenvalue weighted by Gasteiger charge is -2.12. The zero-order chi connectivity index (χ0) is 24.0. The summed E-state index contributed by atoms with van der Waals surface area (Å²) in [6.07, 6.45) is -1.80. The number of nitrogens with one attached hydrogen (secondary N) is 1. The lowest BCUT2D eigenvalue weighted by atomic mass is 10.1. The summed E-state index contributed by atoms with van der Waals surface area (Å²) in [6, 6.07) is 8.83. The first-order chi connectivity index (χ1) is 15.5. The Balaban J connectivity index is 1.62. The Kier molecular flexibility index (Phi) is 5.72. The van der Waals surface area contributed by atoms with Crippen molar-refractivity contribution < 1.29 is 35.2 Å². The summed E-state index contributed by atoms with van der Waals surface area (Å²) >= 11 is 0. The second-order valence-electron chi connectivity index (χ2n) is 7.46. The van der Waals surface area contributed by atoms with Gasteiger partial charge in [0.05, 0.1) is 33.6 Å². The fraction of sp³-hybridized carbons (Fsp3) is 0.238. The van der Waals surface area contributed by atoms with Crippen LogP contribution in [0.25, 0.3) is 5.69 Å². The quantitative estimate of drug-likeness (QED) is 0.498. The molecule has 0 unspecified atom stereocenters. The summed E-state index contributed by atoms with van der Waals surface area (Å²) in [5.74, 6) is -4.23. The molecule has 1 aromatic heterocycles. The molecule has 1 aliphatic rings. The van der Waals surface area contributed by atoms with Gasteiger partial charge in [0, 0.05) is 11.6 Å². The van der Waals surface area contributed by atoms with E-state index in [1.165, 1.54) is 35.1 Å². The number of anilines is 1. The third-order valence-corrected chi connectivity index (χ3v) is 6.51. The maximum atomic E-state index is 13.1. The molecule has 0 atom stereocenters. The van der Waals surface area contributed by atoms with Crippen molar-refractivity contribution >= 4 is 21.4 Å². The molecule has 0 bridgehead atoms. The highest BCUT2D eigenvalue weighted by Crippen LogP contribution is 2.43. The van der Waals surface area contributed by atoms with Crippen molar-refractivity contribution in [1.29, 1.82) is 0 Å². The molecule has 1 fully saturated rings. The minimum Gasteiger partial charge on any atom is -0.322 e. The molecule has 1 saturated carbocycles. The number of aromatic nitrogens is 2. The molecule has 2 aromatic carbocycles. The van der Waals surface area contributed by atoms with Crippen molar-refractivity contribution in [3.63, 3.8) is 0 Å². The largest absolute Gasteiger partial charge is 0.416 e. The predicted molar refractivity (Wildman–Crippen MR) is 108 cm³/mol. The van der Waals surface area contributed by atoms with Crippen LogP contribution in [0.4, 0.5) is 27.6 Å². The van der Waals surface area contributed by atoms with Crippen molar-refractivity contribution in [2.45, 2.75) is 35.6 Å². The Labute approximate surface area is 185 Å². The third kappa shape index (κ3) is 4.61. The highest BCUT2D eigenvalue weighted by Gasteiger charge is 2.34. The zero-order valence-electron chi connectivity index (χ0n) is 16.7. The van der Waals surface area contributed by atoms with Gasteiger partial charge < -0.3 is 5.32 Å². The Morgan fingerprint density at radius 3 is 2.33 bits per heavy atom. The van der Waals surface area contributed by atoms with Crippen LogP contribution < -0.4 is 5.32 Å². The predicted octanol–water partition coefficient (Wildman–Crippen LogP) is 5.02. The highest BCUT2D eigenvalue weighted by molar-refractivity contribution is 7.91. The van der Waals surface area contributed by atoms with E-state index in [0.717, 1.165) is 37.1 Å². The molecule has 0 radical (unpaired) electrons. The van der Waals surface area contributed by atoms with Gasteiger partial charge in [0.1, 0.15) is 0 Å². The van der Waals surface area contributed by atoms with E-state index in [1.54, 1.807) is 0 Å². The van der Waals surface area contributed by atoms with E-state index in [0.29, 0.717) is 5.69 Å². The number of hydrogen-bond donors (Lipinski definition) is 1. The summed E-state index contributed by atoms with van der Waals surface area (Å²) in [6.45, 7) is 0. The van der Waals surface area contributed by atoms with Crippen molar-refractivity contribution in [1.82, 2.24) is 9.78 Å². The Bertz CT molecular complexity index is 1300. The minimum absolute atomic E-state index is 0.0543. The van der Waals surface area contributed by atoms with Crippen LogP contribution in [-0.4, -0.2) is 29.9 Å². The number of sulfone groups is 1. The highest BCUT2D eigenvalue weighted by atomic mass is 32.2. The van der Waals surface area contributed by atoms with E-state index in [-0.39, 0.29) is 22.9 Å². The Hall–Kier alpha value is -3.28. The van der Waals surface area contributed by atoms with Gasteiger partial charge in [-0.05, 0) is 55.3 Å². The lowest BCUT2D eigenvalue weighted by Crippen LogP contribution is -2.15. The molecule has 4 rings (SSSR count). The average Bonchev–Trinajstić information content (AvgIpc) is 3.51. The van der Waals surface area contributed by atoms with Gasteiger partial charge in [-0.2, -0.15) is 27.1 Å². The lowest BCUT2D eigenvalue weighted by molar-refractivity contribution is -0.137. The molecule has 0 spiro atoms. The topological polar surface area (TPSA) is 81.1 Å². The molecule has 174 valence electrons. The molecular formula is C21H16F5N3O3S. The van der Waals surface area contributed by atoms with Crippen LogP contribution in [0, 0.1) is 0 Å². The molecule has 33 heavy (non-hydrogen) atoms. The van der Waals surface area contributed by atoms with Gasteiger partial charge >= 0.3 is 11.9 Å². The molecular weight excluding hydrogens is 469 g/mol. The average molecular weight is 485 g/mol. The third-order valence-electron chi connectivity index (χ3n) is 5.11. The zero-order valence-corrected chi connectivity index (χ0v) is 17.5. The van der Waals surface area contributed by atoms with Crippen molar-refractivity contribution in [2.75, 3.05) is 5.32 Å². The minimum atomic E-state index is -4.76. The second-order valence-corrected chi connectivity index (χ2v) is 9.38. The molecule has 6 nitrogen and oxygen atoms in total. The molecule has 3 aromatic rings. The number of carbonyl (C=O) groups is 1. The molecule has 0 aliphatic heterocycles. The van der Waals surface area contributed by atoms with Crippen LogP contribution in [0.2, 0.25) is 0 Å². The van der Waals surface area contributed by atoms with E-state index in [1.807, 2.05) is 0 Å². The van der Waals surface area contributed by atoms with E-state index in [9.17, 15) is 35.2 Å². The van der Waals surface area contributed by atoms with E-state index in [2.05, 4.69) is 10.4 Å². The molecule has 12 heteroatoms. The molecule has 0 saturated heterocycles. The second kappa shape index (κ2) is 8.25. The van der Waals surface area contributed by atoms with E-state index in [4.69, 9.17) is 0 Å². The monoisotopic (exact) mass is 485 g/mol. The van der Waals surface area contributed by atoms with Gasteiger partial charge in [0.2, 0.25) is 9.84 Å². The SMILES string of the molecule is O=C(Nc1ccc(S(=O)(=O)C(F)F)cc1)c1cnn(-c2cccc(C(F)(F)F)c2)c1C1CC1. The van der Waals surface area contributed by atoms with Gasteiger partial charge in [-0.25, -0.2) is 13.1 Å². The molecule has 1 N–H and O–H groups in total. The van der Waals surface area contributed by atoms with Gasteiger partial charge in [-0.15, -0.1) is 0 Å². The van der Waals surface area contributed by atoms with Crippen molar-refractivity contribution in [3.8, 4) is 5.69 Å². The summed E-state index contributed by atoms with van der Waals surface area (Å²) in [5.41, 5.74) is 0.0825. The first kappa shape index (κ1) is 22.9. The number of halogens is 5. The summed E-state index contributed by atoms with van der Waals surface area (Å²) < 4.78 is 89.0. The Morgan fingerprint density at radius 2 is 1.76 bits per heavy atom. The van der Waals surface area contributed by atoms with Crippen molar-refractivity contribution in [2.24, 2.45) is 0 Å². The van der Waals surface area contributed by atoms with Crippen molar-refractivity contribution in [3.05, 3.63) is 71.5 Å². The fourth-order valence-corrected chi connectivity index (χ4v) is 4.05. The first-order valence-corrected chi connectivity index (χ1v) is 11.2. The number of carbonyl (C=O) groups excluding carboxylic acids is 1. The first-order valence-electron chi connectivity index (χ1n) is 9.67. The summed E-state index contributed by atoms with van der Waals surface area (Å²) in [7, 11) is -4.76. The smallest absolute Gasteiger partial charge is 0.322 e. The number of hydrogen-bond acceptors (Lipinski definition) is 4. The Morgan fingerprint density at radius 1 is 1.09 bits per heavy atom. The molecule has 1 heterocycles. The number of rotatable bonds is 6. The van der Waals surface area contributed by atoms with E-state index < -0.39 is 38.1 Å². The summed E-state index contributed by atoms with van der Waals surface area (Å²) in [5, 5.41) is 6.66. The maximum Gasteiger partial charge on any atom is 0.416 e. The number of benzene rings is 2. The molecule has 1 amide bonds. The number of amides is 1. The normalized spacial score (nSPS) is 14.5. The van der Waals surface area contributed by atoms with E-state index >= 15 is 0 Å². The van der Waals surface area contributed by atoms with Crippen LogP contribution in [0.3, 0.4) is 0 Å². The van der Waals surface area contributed by atoms with Crippen LogP contribution in [0.1, 0.15) is 40.4 Å². The van der Waals surface area contributed by atoms with Gasteiger partial charge in [-0.1, -0.05) is 6.07 Å². The molecule has 1 aliphatic carbocycles. The van der Waals surface area contributed by atoms with Crippen LogP contribution in [0.15, 0.2) is 59.6 Å². The standard InChI is InChI=1S/C21H16F5N3O3S/c22-20(23)33(31,32)16-8-6-14(7-9-16)28-19(30)17-11-27-29(18(17)12-4-5-12)15-3-1-2-13(10-15)21(24,25)26/h1-3,6-12,20H,4-5H2,(H,28,30). The van der Waals surface area contributed by atoms with Gasteiger partial charge in [0.15, 0.2) is 0 Å². The number of alkyl halides is 5. The van der Waals surface area contributed by atoms with Crippen LogP contribution in [0.5, 0.6) is 0 Å². The fourth-order valence-electron chi connectivity index (χ4n) is 3.33.